The number of halogens is 2. The Balaban J connectivity index is 1.94. The number of hydrogen-bond acceptors (Lipinski definition) is 5. The van der Waals surface area contributed by atoms with Crippen LogP contribution in [0.15, 0.2) is 41.3 Å². The van der Waals surface area contributed by atoms with Crippen molar-refractivity contribution in [2.75, 3.05) is 0 Å². The summed E-state index contributed by atoms with van der Waals surface area (Å²) in [6.45, 7) is 5.01. The van der Waals surface area contributed by atoms with Gasteiger partial charge in [-0.25, -0.2) is 17.8 Å². The fourth-order valence-corrected chi connectivity index (χ4v) is 4.42. The lowest BCUT2D eigenvalue weighted by Crippen LogP contribution is -2.32. The third-order valence-corrected chi connectivity index (χ3v) is 6.12. The molecule has 1 aromatic heterocycles. The van der Waals surface area contributed by atoms with E-state index in [4.69, 9.17) is 23.2 Å². The molecule has 2 aromatic carbocycles. The van der Waals surface area contributed by atoms with Gasteiger partial charge in [0.2, 0.25) is 0 Å². The molecule has 0 fully saturated rings. The van der Waals surface area contributed by atoms with Crippen LogP contribution in [0.4, 0.5) is 0 Å². The van der Waals surface area contributed by atoms with Gasteiger partial charge < -0.3 is 0 Å². The van der Waals surface area contributed by atoms with Crippen molar-refractivity contribution in [2.45, 2.75) is 25.7 Å². The number of aromatic nitrogens is 3. The van der Waals surface area contributed by atoms with Gasteiger partial charge in [0.15, 0.2) is 5.69 Å². The van der Waals surface area contributed by atoms with Crippen molar-refractivity contribution >= 4 is 39.1 Å². The maximum absolute atomic E-state index is 12.6. The smallest absolute Gasteiger partial charge is 0.266 e. The Bertz CT molecular complexity index is 1190. The molecule has 146 valence electrons. The Labute approximate surface area is 172 Å². The average molecular weight is 439 g/mol. The lowest BCUT2D eigenvalue weighted by Gasteiger charge is -2.10. The van der Waals surface area contributed by atoms with E-state index in [1.54, 1.807) is 45.0 Å². The van der Waals surface area contributed by atoms with Gasteiger partial charge in [0.05, 0.1) is 21.3 Å². The number of rotatable bonds is 4. The molecule has 0 aliphatic heterocycles. The molecule has 1 heterocycles. The summed E-state index contributed by atoms with van der Waals surface area (Å²) in [5, 5.41) is 8.50. The van der Waals surface area contributed by atoms with Crippen LogP contribution in [0.1, 0.15) is 27.3 Å². The third-order valence-electron chi connectivity index (χ3n) is 4.11. The molecule has 10 heteroatoms. The molecule has 0 radical (unpaired) electrons. The number of sulfonamides is 1. The highest BCUT2D eigenvalue weighted by molar-refractivity contribution is 7.90. The summed E-state index contributed by atoms with van der Waals surface area (Å²) in [6, 6.07) is 9.75. The van der Waals surface area contributed by atoms with Crippen molar-refractivity contribution in [1.82, 2.24) is 19.7 Å². The van der Waals surface area contributed by atoms with Gasteiger partial charge in [-0.3, -0.25) is 4.79 Å². The molecular formula is C18H16Cl2N4O3S. The van der Waals surface area contributed by atoms with Crippen molar-refractivity contribution in [1.29, 1.82) is 0 Å². The summed E-state index contributed by atoms with van der Waals surface area (Å²) in [7, 11) is -4.07. The van der Waals surface area contributed by atoms with E-state index in [0.717, 1.165) is 5.56 Å². The van der Waals surface area contributed by atoms with E-state index >= 15 is 0 Å². The molecule has 0 saturated carbocycles. The number of amides is 1. The second-order valence-electron chi connectivity index (χ2n) is 6.23. The molecule has 3 aromatic rings. The molecule has 0 atom stereocenters. The fraction of sp³-hybridized carbons (Fsp3) is 0.167. The van der Waals surface area contributed by atoms with E-state index < -0.39 is 15.9 Å². The van der Waals surface area contributed by atoms with Crippen LogP contribution < -0.4 is 4.72 Å². The van der Waals surface area contributed by atoms with Gasteiger partial charge in [-0.1, -0.05) is 40.5 Å². The maximum Gasteiger partial charge on any atom is 0.287 e. The quantitative estimate of drug-likeness (QED) is 0.670. The van der Waals surface area contributed by atoms with E-state index in [0.29, 0.717) is 27.0 Å². The topological polar surface area (TPSA) is 93.9 Å². The number of nitrogens with one attached hydrogen (secondary N) is 1. The fourth-order valence-electron chi connectivity index (χ4n) is 2.64. The predicted octanol–water partition coefficient (Wildman–Crippen LogP) is 3.62. The molecule has 0 saturated heterocycles. The average Bonchev–Trinajstić information content (AvgIpc) is 2.98. The first kappa shape index (κ1) is 20.3. The zero-order valence-corrected chi connectivity index (χ0v) is 17.5. The maximum atomic E-state index is 12.6. The van der Waals surface area contributed by atoms with Crippen LogP contribution in [0.25, 0.3) is 5.69 Å². The van der Waals surface area contributed by atoms with Gasteiger partial charge in [0, 0.05) is 5.02 Å². The molecule has 0 spiro atoms. The van der Waals surface area contributed by atoms with Gasteiger partial charge in [0.1, 0.15) is 0 Å². The summed E-state index contributed by atoms with van der Waals surface area (Å²) < 4.78 is 28.7. The number of aryl methyl sites for hydroxylation is 2. The van der Waals surface area contributed by atoms with Gasteiger partial charge in [0.25, 0.3) is 15.9 Å². The van der Waals surface area contributed by atoms with Crippen LogP contribution in [0, 0.1) is 20.8 Å². The molecule has 0 unspecified atom stereocenters. The second kappa shape index (κ2) is 7.54. The van der Waals surface area contributed by atoms with E-state index in [9.17, 15) is 13.2 Å². The summed E-state index contributed by atoms with van der Waals surface area (Å²) in [4.78, 5) is 12.6. The van der Waals surface area contributed by atoms with Crippen LogP contribution in [-0.2, 0) is 10.0 Å². The van der Waals surface area contributed by atoms with E-state index in [-0.39, 0.29) is 10.6 Å². The van der Waals surface area contributed by atoms with E-state index in [2.05, 4.69) is 10.3 Å². The van der Waals surface area contributed by atoms with Crippen LogP contribution in [0.3, 0.4) is 0 Å². The van der Waals surface area contributed by atoms with Gasteiger partial charge >= 0.3 is 0 Å². The third kappa shape index (κ3) is 3.89. The summed E-state index contributed by atoms with van der Waals surface area (Å²) in [5.74, 6) is -0.880. The summed E-state index contributed by atoms with van der Waals surface area (Å²) in [5.41, 5.74) is 1.96. The van der Waals surface area contributed by atoms with Crippen molar-refractivity contribution in [3.63, 3.8) is 0 Å². The molecule has 28 heavy (non-hydrogen) atoms. The highest BCUT2D eigenvalue weighted by atomic mass is 35.5. The molecule has 1 amide bonds. The lowest BCUT2D eigenvalue weighted by molar-refractivity contribution is 0.0976. The zero-order chi connectivity index (χ0) is 20.6. The second-order valence-corrected chi connectivity index (χ2v) is 8.73. The minimum absolute atomic E-state index is 0.0339. The first-order valence-corrected chi connectivity index (χ1v) is 10.4. The molecule has 0 bridgehead atoms. The molecule has 0 aliphatic carbocycles. The highest BCUT2D eigenvalue weighted by Gasteiger charge is 2.25. The Morgan fingerprint density at radius 3 is 2.46 bits per heavy atom. The minimum Gasteiger partial charge on any atom is -0.266 e. The molecule has 7 nitrogen and oxygen atoms in total. The van der Waals surface area contributed by atoms with Gasteiger partial charge in [-0.2, -0.15) is 0 Å². The Kier molecular flexibility index (Phi) is 5.47. The van der Waals surface area contributed by atoms with Crippen molar-refractivity contribution in [3.05, 3.63) is 69.0 Å². The molecule has 1 N–H and O–H groups in total. The summed E-state index contributed by atoms with van der Waals surface area (Å²) in [6.07, 6.45) is 0. The zero-order valence-electron chi connectivity index (χ0n) is 15.2. The minimum atomic E-state index is -4.07. The van der Waals surface area contributed by atoms with Crippen LogP contribution in [0.5, 0.6) is 0 Å². The predicted molar refractivity (Wildman–Crippen MR) is 107 cm³/mol. The Morgan fingerprint density at radius 2 is 1.79 bits per heavy atom. The van der Waals surface area contributed by atoms with Gasteiger partial charge in [-0.05, 0) is 56.2 Å². The first-order valence-electron chi connectivity index (χ1n) is 8.12. The monoisotopic (exact) mass is 438 g/mol. The lowest BCUT2D eigenvalue weighted by atomic mass is 10.2. The Morgan fingerprint density at radius 1 is 1.07 bits per heavy atom. The summed E-state index contributed by atoms with van der Waals surface area (Å²) >= 11 is 12.1. The number of benzene rings is 2. The molecule has 3 rings (SSSR count). The van der Waals surface area contributed by atoms with Crippen molar-refractivity contribution in [2.24, 2.45) is 0 Å². The SMILES string of the molecule is Cc1ccc(C)c(S(=O)(=O)NC(=O)c2nnn(-c3ccc(Cl)cc3Cl)c2C)c1. The number of carbonyl (C=O) groups is 1. The van der Waals surface area contributed by atoms with Crippen molar-refractivity contribution in [3.8, 4) is 5.69 Å². The van der Waals surface area contributed by atoms with Crippen LogP contribution >= 0.6 is 23.2 Å². The highest BCUT2D eigenvalue weighted by Crippen LogP contribution is 2.25. The standard InChI is InChI=1S/C18H16Cl2N4O3S/c1-10-4-5-11(2)16(8-10)28(26,27)22-18(25)17-12(3)24(23-21-17)15-7-6-13(19)9-14(15)20/h4-9H,1-3H3,(H,22,25). The number of carbonyl (C=O) groups excluding carboxylic acids is 1. The molecule has 0 aliphatic rings. The van der Waals surface area contributed by atoms with E-state index in [1.807, 2.05) is 4.72 Å². The van der Waals surface area contributed by atoms with Crippen molar-refractivity contribution < 1.29 is 13.2 Å². The molecular weight excluding hydrogens is 423 g/mol. The largest absolute Gasteiger partial charge is 0.287 e. The normalized spacial score (nSPS) is 11.5. The van der Waals surface area contributed by atoms with Crippen LogP contribution in [0.2, 0.25) is 10.0 Å². The Hall–Kier alpha value is -2.42. The first-order chi connectivity index (χ1) is 13.1. The van der Waals surface area contributed by atoms with Crippen LogP contribution in [-0.4, -0.2) is 29.3 Å². The number of hydrogen-bond donors (Lipinski definition) is 1. The number of nitrogens with zero attached hydrogens (tertiary/aromatic N) is 3. The van der Waals surface area contributed by atoms with Gasteiger partial charge in [-0.15, -0.1) is 5.10 Å². The van der Waals surface area contributed by atoms with E-state index in [1.165, 1.54) is 16.8 Å².